The smallest absolute Gasteiger partial charge is 0.181 e. The lowest BCUT2D eigenvalue weighted by atomic mass is 10.1. The van der Waals surface area contributed by atoms with E-state index in [-0.39, 0.29) is 0 Å². The number of nitrogens with zero attached hydrogens (tertiary/aromatic N) is 2. The standard InChI is InChI=1S/C16H15N3/c1-2-12-8-6-7-11-14(12)16-17-15(18-19-16)13-9-4-3-5-10-13/h3-11H,2H2,1H3,(H,17,18,19). The number of aromatic amines is 1. The van der Waals surface area contributed by atoms with Gasteiger partial charge in [0.05, 0.1) is 0 Å². The largest absolute Gasteiger partial charge is 0.259 e. The lowest BCUT2D eigenvalue weighted by Gasteiger charge is -2.03. The van der Waals surface area contributed by atoms with Crippen LogP contribution in [0.4, 0.5) is 0 Å². The minimum Gasteiger partial charge on any atom is -0.259 e. The van der Waals surface area contributed by atoms with E-state index in [0.29, 0.717) is 0 Å². The molecule has 0 unspecified atom stereocenters. The molecule has 0 radical (unpaired) electrons. The Bertz CT molecular complexity index is 671. The fourth-order valence-electron chi connectivity index (χ4n) is 2.16. The molecule has 3 nitrogen and oxygen atoms in total. The van der Waals surface area contributed by atoms with Crippen LogP contribution in [0.1, 0.15) is 12.5 Å². The van der Waals surface area contributed by atoms with E-state index in [1.165, 1.54) is 5.56 Å². The molecule has 0 aliphatic heterocycles. The molecule has 0 saturated carbocycles. The summed E-state index contributed by atoms with van der Waals surface area (Å²) < 4.78 is 0. The van der Waals surface area contributed by atoms with E-state index in [1.807, 2.05) is 36.4 Å². The van der Waals surface area contributed by atoms with Crippen molar-refractivity contribution in [3.63, 3.8) is 0 Å². The van der Waals surface area contributed by atoms with Crippen LogP contribution in [0.3, 0.4) is 0 Å². The first-order valence-electron chi connectivity index (χ1n) is 6.44. The van der Waals surface area contributed by atoms with Crippen molar-refractivity contribution in [2.24, 2.45) is 0 Å². The fraction of sp³-hybridized carbons (Fsp3) is 0.125. The van der Waals surface area contributed by atoms with Crippen molar-refractivity contribution in [3.8, 4) is 22.8 Å². The van der Waals surface area contributed by atoms with Crippen LogP contribution >= 0.6 is 0 Å². The Morgan fingerprint density at radius 2 is 1.68 bits per heavy atom. The number of nitrogens with one attached hydrogen (secondary N) is 1. The van der Waals surface area contributed by atoms with Gasteiger partial charge in [-0.25, -0.2) is 4.98 Å². The second-order valence-corrected chi connectivity index (χ2v) is 4.38. The van der Waals surface area contributed by atoms with Crippen LogP contribution in [0.5, 0.6) is 0 Å². The number of hydrogen-bond acceptors (Lipinski definition) is 2. The summed E-state index contributed by atoms with van der Waals surface area (Å²) in [5.74, 6) is 1.57. The van der Waals surface area contributed by atoms with Gasteiger partial charge in [0.2, 0.25) is 0 Å². The zero-order chi connectivity index (χ0) is 13.1. The Kier molecular flexibility index (Phi) is 3.11. The van der Waals surface area contributed by atoms with Gasteiger partial charge in [0.15, 0.2) is 11.6 Å². The number of benzene rings is 2. The molecule has 2 aromatic carbocycles. The van der Waals surface area contributed by atoms with E-state index in [0.717, 1.165) is 29.2 Å². The second-order valence-electron chi connectivity index (χ2n) is 4.38. The van der Waals surface area contributed by atoms with Crippen LogP contribution in [0.15, 0.2) is 54.6 Å². The number of aryl methyl sites for hydroxylation is 1. The number of aromatic nitrogens is 3. The van der Waals surface area contributed by atoms with Crippen LogP contribution in [-0.4, -0.2) is 15.2 Å². The Morgan fingerprint density at radius 3 is 2.47 bits per heavy atom. The highest BCUT2D eigenvalue weighted by Gasteiger charge is 2.09. The summed E-state index contributed by atoms with van der Waals surface area (Å²) in [5.41, 5.74) is 3.43. The molecule has 0 spiro atoms. The van der Waals surface area contributed by atoms with E-state index in [1.54, 1.807) is 0 Å². The topological polar surface area (TPSA) is 41.6 Å². The van der Waals surface area contributed by atoms with Crippen LogP contribution in [-0.2, 0) is 6.42 Å². The van der Waals surface area contributed by atoms with Gasteiger partial charge in [0, 0.05) is 11.1 Å². The molecule has 1 heterocycles. The molecule has 1 N–H and O–H groups in total. The van der Waals surface area contributed by atoms with Crippen molar-refractivity contribution < 1.29 is 0 Å². The molecular weight excluding hydrogens is 234 g/mol. The van der Waals surface area contributed by atoms with Crippen LogP contribution in [0, 0.1) is 0 Å². The molecule has 3 heteroatoms. The molecule has 0 aliphatic rings. The van der Waals surface area contributed by atoms with E-state index in [4.69, 9.17) is 0 Å². The van der Waals surface area contributed by atoms with E-state index < -0.39 is 0 Å². The highest BCUT2D eigenvalue weighted by molar-refractivity contribution is 5.63. The molecule has 3 rings (SSSR count). The molecule has 0 amide bonds. The highest BCUT2D eigenvalue weighted by atomic mass is 15.2. The Hall–Kier alpha value is -2.42. The average Bonchev–Trinajstić information content (AvgIpc) is 2.98. The normalized spacial score (nSPS) is 10.6. The van der Waals surface area contributed by atoms with Crippen molar-refractivity contribution in [1.29, 1.82) is 0 Å². The molecule has 3 aromatic rings. The van der Waals surface area contributed by atoms with E-state index >= 15 is 0 Å². The predicted octanol–water partition coefficient (Wildman–Crippen LogP) is 3.70. The summed E-state index contributed by atoms with van der Waals surface area (Å²) in [6.07, 6.45) is 0.984. The third kappa shape index (κ3) is 2.27. The van der Waals surface area contributed by atoms with Crippen LogP contribution < -0.4 is 0 Å². The summed E-state index contributed by atoms with van der Waals surface area (Å²) in [6.45, 7) is 2.15. The Labute approximate surface area is 112 Å². The lowest BCUT2D eigenvalue weighted by Crippen LogP contribution is -1.88. The molecule has 0 fully saturated rings. The summed E-state index contributed by atoms with van der Waals surface area (Å²) in [6, 6.07) is 18.3. The molecule has 0 atom stereocenters. The van der Waals surface area contributed by atoms with Crippen molar-refractivity contribution in [1.82, 2.24) is 15.2 Å². The molecule has 0 bridgehead atoms. The predicted molar refractivity (Wildman–Crippen MR) is 76.6 cm³/mol. The molecule has 0 aliphatic carbocycles. The molecule has 1 aromatic heterocycles. The van der Waals surface area contributed by atoms with E-state index in [9.17, 15) is 0 Å². The SMILES string of the molecule is CCc1ccccc1-c1nc(-c2ccccc2)n[nH]1. The van der Waals surface area contributed by atoms with Crippen LogP contribution in [0.25, 0.3) is 22.8 Å². The minimum absolute atomic E-state index is 0.738. The number of rotatable bonds is 3. The maximum Gasteiger partial charge on any atom is 0.181 e. The molecule has 0 saturated heterocycles. The van der Waals surface area contributed by atoms with E-state index in [2.05, 4.69) is 40.3 Å². The van der Waals surface area contributed by atoms with Gasteiger partial charge < -0.3 is 0 Å². The van der Waals surface area contributed by atoms with Gasteiger partial charge in [0.25, 0.3) is 0 Å². The monoisotopic (exact) mass is 249 g/mol. The minimum atomic E-state index is 0.738. The van der Waals surface area contributed by atoms with Gasteiger partial charge in [-0.05, 0) is 12.0 Å². The maximum atomic E-state index is 4.59. The fourth-order valence-corrected chi connectivity index (χ4v) is 2.16. The second kappa shape index (κ2) is 5.06. The highest BCUT2D eigenvalue weighted by Crippen LogP contribution is 2.23. The third-order valence-electron chi connectivity index (χ3n) is 3.17. The lowest BCUT2D eigenvalue weighted by molar-refractivity contribution is 1.08. The quantitative estimate of drug-likeness (QED) is 0.769. The summed E-state index contributed by atoms with van der Waals surface area (Å²) in [5, 5.41) is 7.34. The van der Waals surface area contributed by atoms with Gasteiger partial charge in [-0.15, -0.1) is 0 Å². The first-order valence-corrected chi connectivity index (χ1v) is 6.44. The van der Waals surface area contributed by atoms with Gasteiger partial charge in [0.1, 0.15) is 0 Å². The van der Waals surface area contributed by atoms with Crippen molar-refractivity contribution in [2.45, 2.75) is 13.3 Å². The Balaban J connectivity index is 2.02. The van der Waals surface area contributed by atoms with Gasteiger partial charge in [-0.1, -0.05) is 61.5 Å². The first kappa shape index (κ1) is 11.7. The van der Waals surface area contributed by atoms with Gasteiger partial charge in [-0.3, -0.25) is 5.10 Å². The zero-order valence-corrected chi connectivity index (χ0v) is 10.8. The van der Waals surface area contributed by atoms with Crippen LogP contribution in [0.2, 0.25) is 0 Å². The first-order chi connectivity index (χ1) is 9.38. The van der Waals surface area contributed by atoms with Gasteiger partial charge >= 0.3 is 0 Å². The zero-order valence-electron chi connectivity index (χ0n) is 10.8. The third-order valence-corrected chi connectivity index (χ3v) is 3.17. The molecule has 94 valence electrons. The average molecular weight is 249 g/mol. The van der Waals surface area contributed by atoms with Crippen molar-refractivity contribution in [2.75, 3.05) is 0 Å². The summed E-state index contributed by atoms with van der Waals surface area (Å²) in [4.78, 5) is 4.59. The van der Waals surface area contributed by atoms with Gasteiger partial charge in [-0.2, -0.15) is 5.10 Å². The maximum absolute atomic E-state index is 4.59. The summed E-state index contributed by atoms with van der Waals surface area (Å²) >= 11 is 0. The summed E-state index contributed by atoms with van der Waals surface area (Å²) in [7, 11) is 0. The molecule has 19 heavy (non-hydrogen) atoms. The number of H-pyrrole nitrogens is 1. The molecular formula is C16H15N3. The Morgan fingerprint density at radius 1 is 0.947 bits per heavy atom. The van der Waals surface area contributed by atoms with Crippen molar-refractivity contribution >= 4 is 0 Å². The van der Waals surface area contributed by atoms with Crippen molar-refractivity contribution in [3.05, 3.63) is 60.2 Å². The number of hydrogen-bond donors (Lipinski definition) is 1.